The first-order chi connectivity index (χ1) is 21.3. The molecule has 3 aromatic rings. The van der Waals surface area contributed by atoms with Crippen LogP contribution in [-0.4, -0.2) is 52.0 Å². The van der Waals surface area contributed by atoms with E-state index in [4.69, 9.17) is 27.9 Å². The lowest BCUT2D eigenvalue weighted by Crippen LogP contribution is -2.43. The van der Waals surface area contributed by atoms with E-state index < -0.39 is 16.1 Å². The molecule has 1 atom stereocenters. The Bertz CT molecular complexity index is 1620. The number of carbonyl (C=O) groups excluding carboxylic acids is 1. The zero-order valence-corrected chi connectivity index (χ0v) is 27.3. The number of anilines is 1. The van der Waals surface area contributed by atoms with Gasteiger partial charge >= 0.3 is 0 Å². The third kappa shape index (κ3) is 6.32. The number of sulfonamides is 1. The first-order valence-electron chi connectivity index (χ1n) is 15.5. The van der Waals surface area contributed by atoms with E-state index in [1.165, 1.54) is 61.4 Å². The minimum absolute atomic E-state index is 0.00529. The van der Waals surface area contributed by atoms with Crippen LogP contribution >= 0.6 is 23.2 Å². The van der Waals surface area contributed by atoms with E-state index in [-0.39, 0.29) is 33.3 Å². The molecule has 0 radical (unpaired) electrons. The molecule has 1 N–H and O–H groups in total. The predicted molar refractivity (Wildman–Crippen MR) is 176 cm³/mol. The van der Waals surface area contributed by atoms with E-state index in [9.17, 15) is 13.2 Å². The summed E-state index contributed by atoms with van der Waals surface area (Å²) in [5, 5.41) is 3.66. The van der Waals surface area contributed by atoms with Crippen LogP contribution in [-0.2, 0) is 14.8 Å². The van der Waals surface area contributed by atoms with Gasteiger partial charge in [-0.2, -0.15) is 0 Å². The highest BCUT2D eigenvalue weighted by Gasteiger charge is 2.41. The largest absolute Gasteiger partial charge is 0.496 e. The lowest BCUT2D eigenvalue weighted by atomic mass is 9.83. The zero-order valence-electron chi connectivity index (χ0n) is 25.0. The van der Waals surface area contributed by atoms with Crippen LogP contribution in [0.15, 0.2) is 65.6 Å². The Morgan fingerprint density at radius 1 is 0.955 bits per heavy atom. The lowest BCUT2D eigenvalue weighted by Gasteiger charge is -2.39. The Hall–Kier alpha value is -2.78. The standard InChI is InChI=1S/C34H39Cl2N3O4S/c1-43-32-10-6-8-27-31(22-33(40)37-24-13-11-23(12-14-24)17-20-38-18-4-5-19-38)39(30-9-3-2-7-26(30)34(27)32)44(41,42)25-15-16-28(35)29(36)21-25/h2-3,6-10,15-16,21,23-24,31H,4-5,11-14,17-20,22H2,1H3,(H,37,40)/t23-,24-,31?. The number of para-hydroxylation sites is 1. The third-order valence-electron chi connectivity index (χ3n) is 9.42. The number of rotatable bonds is 9. The Balaban J connectivity index is 1.26. The fourth-order valence-electron chi connectivity index (χ4n) is 7.13. The van der Waals surface area contributed by atoms with Gasteiger partial charge in [-0.15, -0.1) is 0 Å². The van der Waals surface area contributed by atoms with Gasteiger partial charge in [0.25, 0.3) is 10.0 Å². The van der Waals surface area contributed by atoms with Crippen molar-refractivity contribution in [2.24, 2.45) is 5.92 Å². The molecule has 3 aliphatic rings. The molecule has 10 heteroatoms. The first-order valence-corrected chi connectivity index (χ1v) is 17.7. The van der Waals surface area contributed by atoms with Crippen molar-refractivity contribution < 1.29 is 17.9 Å². The lowest BCUT2D eigenvalue weighted by molar-refractivity contribution is -0.122. The van der Waals surface area contributed by atoms with Crippen LogP contribution in [0, 0.1) is 5.92 Å². The average Bonchev–Trinajstić information content (AvgIpc) is 3.55. The number of likely N-dealkylation sites (tertiary alicyclic amines) is 1. The molecule has 1 aliphatic carbocycles. The summed E-state index contributed by atoms with van der Waals surface area (Å²) in [5.41, 5.74) is 2.70. The molecular weight excluding hydrogens is 617 g/mol. The van der Waals surface area contributed by atoms with Gasteiger partial charge in [-0.25, -0.2) is 8.42 Å². The van der Waals surface area contributed by atoms with Crippen molar-refractivity contribution in [2.75, 3.05) is 31.0 Å². The van der Waals surface area contributed by atoms with Crippen molar-refractivity contribution in [2.45, 2.75) is 68.3 Å². The summed E-state index contributed by atoms with van der Waals surface area (Å²) in [7, 11) is -2.56. The number of hydrogen-bond donors (Lipinski definition) is 1. The normalized spacial score (nSPS) is 21.9. The number of nitrogens with one attached hydrogen (secondary N) is 1. The SMILES string of the molecule is COc1cccc2c1-c1ccccc1N(S(=O)(=O)c1ccc(Cl)c(Cl)c1)C2CC(=O)N[C@H]1CC[C@H](CCN2CCCC2)CC1. The number of methoxy groups -OCH3 is 1. The predicted octanol–water partition coefficient (Wildman–Crippen LogP) is 7.47. The molecule has 2 heterocycles. The highest BCUT2D eigenvalue weighted by Crippen LogP contribution is 2.51. The fraction of sp³-hybridized carbons (Fsp3) is 0.441. The molecule has 0 spiro atoms. The van der Waals surface area contributed by atoms with Gasteiger partial charge in [0.2, 0.25) is 5.91 Å². The van der Waals surface area contributed by atoms with Gasteiger partial charge in [0.05, 0.1) is 40.2 Å². The van der Waals surface area contributed by atoms with Crippen LogP contribution in [0.2, 0.25) is 10.0 Å². The fourth-order valence-corrected chi connectivity index (χ4v) is 9.16. The molecule has 1 amide bonds. The molecule has 2 fully saturated rings. The Labute approximate surface area is 270 Å². The van der Waals surface area contributed by atoms with Gasteiger partial charge in [0.15, 0.2) is 0 Å². The Morgan fingerprint density at radius 3 is 2.43 bits per heavy atom. The van der Waals surface area contributed by atoms with Crippen molar-refractivity contribution in [1.82, 2.24) is 10.2 Å². The third-order valence-corrected chi connectivity index (χ3v) is 12.0. The van der Waals surface area contributed by atoms with Crippen LogP contribution in [0.1, 0.15) is 63.0 Å². The van der Waals surface area contributed by atoms with Crippen LogP contribution < -0.4 is 14.4 Å². The Kier molecular flexibility index (Phi) is 9.43. The van der Waals surface area contributed by atoms with Gasteiger partial charge in [0, 0.05) is 17.2 Å². The van der Waals surface area contributed by atoms with E-state index in [1.807, 2.05) is 30.3 Å². The molecule has 0 bridgehead atoms. The second-order valence-corrected chi connectivity index (χ2v) is 14.8. The maximum absolute atomic E-state index is 14.4. The van der Waals surface area contributed by atoms with E-state index >= 15 is 0 Å². The molecule has 44 heavy (non-hydrogen) atoms. The number of amides is 1. The van der Waals surface area contributed by atoms with E-state index in [0.717, 1.165) is 31.2 Å². The van der Waals surface area contributed by atoms with Gasteiger partial charge in [0.1, 0.15) is 5.75 Å². The highest BCUT2D eigenvalue weighted by molar-refractivity contribution is 7.92. The summed E-state index contributed by atoms with van der Waals surface area (Å²) in [4.78, 5) is 16.3. The molecule has 1 unspecified atom stereocenters. The monoisotopic (exact) mass is 655 g/mol. The zero-order chi connectivity index (χ0) is 30.8. The second-order valence-electron chi connectivity index (χ2n) is 12.2. The van der Waals surface area contributed by atoms with Crippen molar-refractivity contribution in [3.63, 3.8) is 0 Å². The molecule has 1 saturated heterocycles. The summed E-state index contributed by atoms with van der Waals surface area (Å²) in [6.45, 7) is 3.63. The summed E-state index contributed by atoms with van der Waals surface area (Å²) in [6.07, 6.45) is 7.91. The average molecular weight is 657 g/mol. The number of nitrogens with zero attached hydrogens (tertiary/aromatic N) is 2. The number of benzene rings is 3. The molecule has 6 rings (SSSR count). The summed E-state index contributed by atoms with van der Waals surface area (Å²) >= 11 is 12.4. The first kappa shape index (κ1) is 31.2. The van der Waals surface area contributed by atoms with Crippen LogP contribution in [0.3, 0.4) is 0 Å². The molecule has 234 valence electrons. The van der Waals surface area contributed by atoms with Gasteiger partial charge in [-0.05, 0) is 106 Å². The van der Waals surface area contributed by atoms with Crippen molar-refractivity contribution in [1.29, 1.82) is 0 Å². The molecule has 0 aromatic heterocycles. The molecule has 1 saturated carbocycles. The number of carbonyl (C=O) groups is 1. The quantitative estimate of drug-likeness (QED) is 0.259. The van der Waals surface area contributed by atoms with E-state index in [1.54, 1.807) is 19.2 Å². The van der Waals surface area contributed by atoms with Crippen molar-refractivity contribution in [3.8, 4) is 16.9 Å². The van der Waals surface area contributed by atoms with Crippen LogP contribution in [0.4, 0.5) is 5.69 Å². The topological polar surface area (TPSA) is 78.9 Å². The number of hydrogen-bond acceptors (Lipinski definition) is 5. The molecule has 3 aromatic carbocycles. The molecule has 2 aliphatic heterocycles. The van der Waals surface area contributed by atoms with Crippen LogP contribution in [0.25, 0.3) is 11.1 Å². The summed E-state index contributed by atoms with van der Waals surface area (Å²) < 4.78 is 35.9. The highest BCUT2D eigenvalue weighted by atomic mass is 35.5. The summed E-state index contributed by atoms with van der Waals surface area (Å²) in [6, 6.07) is 16.5. The minimum Gasteiger partial charge on any atom is -0.496 e. The van der Waals surface area contributed by atoms with E-state index in [2.05, 4.69) is 10.2 Å². The van der Waals surface area contributed by atoms with E-state index in [0.29, 0.717) is 28.5 Å². The van der Waals surface area contributed by atoms with Gasteiger partial charge < -0.3 is 15.0 Å². The number of ether oxygens (including phenoxy) is 1. The van der Waals surface area contributed by atoms with Crippen molar-refractivity contribution >= 4 is 44.8 Å². The maximum atomic E-state index is 14.4. The Morgan fingerprint density at radius 2 is 1.70 bits per heavy atom. The maximum Gasteiger partial charge on any atom is 0.264 e. The van der Waals surface area contributed by atoms with Crippen molar-refractivity contribution in [3.05, 3.63) is 76.3 Å². The van der Waals surface area contributed by atoms with Gasteiger partial charge in [-0.1, -0.05) is 53.5 Å². The second kappa shape index (κ2) is 13.3. The smallest absolute Gasteiger partial charge is 0.264 e. The van der Waals surface area contributed by atoms with Crippen LogP contribution in [0.5, 0.6) is 5.75 Å². The number of fused-ring (bicyclic) bond motifs is 3. The number of halogens is 2. The minimum atomic E-state index is -4.16. The summed E-state index contributed by atoms with van der Waals surface area (Å²) in [5.74, 6) is 1.15. The molecule has 7 nitrogen and oxygen atoms in total. The molecular formula is C34H39Cl2N3O4S. The van der Waals surface area contributed by atoms with Gasteiger partial charge in [-0.3, -0.25) is 9.10 Å².